The van der Waals surface area contributed by atoms with Gasteiger partial charge in [0.2, 0.25) is 0 Å². The van der Waals surface area contributed by atoms with E-state index in [1.807, 2.05) is 0 Å². The van der Waals surface area contributed by atoms with Crippen LogP contribution in [0.3, 0.4) is 0 Å². The summed E-state index contributed by atoms with van der Waals surface area (Å²) in [7, 11) is 0. The average Bonchev–Trinajstić information content (AvgIpc) is 3.04. The van der Waals surface area contributed by atoms with Crippen molar-refractivity contribution in [3.8, 4) is 11.4 Å². The Balaban J connectivity index is 1.74. The van der Waals surface area contributed by atoms with E-state index in [0.717, 1.165) is 5.69 Å². The van der Waals surface area contributed by atoms with Crippen molar-refractivity contribution in [3.05, 3.63) is 60.4 Å². The second-order valence-electron chi connectivity index (χ2n) is 4.30. The quantitative estimate of drug-likeness (QED) is 0.712. The molecule has 0 aliphatic carbocycles. The zero-order valence-corrected chi connectivity index (χ0v) is 10.8. The maximum absolute atomic E-state index is 12.1. The van der Waals surface area contributed by atoms with Gasteiger partial charge in [-0.2, -0.15) is 0 Å². The summed E-state index contributed by atoms with van der Waals surface area (Å²) >= 11 is 0. The van der Waals surface area contributed by atoms with Crippen LogP contribution in [0.15, 0.2) is 54.9 Å². The van der Waals surface area contributed by atoms with Crippen molar-refractivity contribution >= 4 is 11.6 Å². The van der Waals surface area contributed by atoms with Crippen LogP contribution in [-0.4, -0.2) is 31.2 Å². The second kappa shape index (κ2) is 5.41. The maximum Gasteiger partial charge on any atom is 0.255 e. The minimum Gasteiger partial charge on any atom is -0.508 e. The highest BCUT2D eigenvalue weighted by Gasteiger charge is 2.07. The van der Waals surface area contributed by atoms with Crippen LogP contribution in [0.4, 0.5) is 5.69 Å². The third kappa shape index (κ3) is 2.86. The summed E-state index contributed by atoms with van der Waals surface area (Å²) in [5, 5.41) is 22.8. The predicted molar refractivity (Wildman–Crippen MR) is 75.2 cm³/mol. The highest BCUT2D eigenvalue weighted by Crippen LogP contribution is 2.15. The molecule has 2 N–H and O–H groups in total. The first-order chi connectivity index (χ1) is 10.2. The molecule has 3 rings (SSSR count). The van der Waals surface area contributed by atoms with Crippen molar-refractivity contribution in [1.29, 1.82) is 0 Å². The maximum atomic E-state index is 12.1. The normalized spacial score (nSPS) is 10.3. The van der Waals surface area contributed by atoms with Gasteiger partial charge in [0.15, 0.2) is 0 Å². The van der Waals surface area contributed by atoms with Gasteiger partial charge in [0, 0.05) is 11.3 Å². The number of nitrogens with zero attached hydrogens (tertiary/aromatic N) is 4. The zero-order chi connectivity index (χ0) is 14.7. The summed E-state index contributed by atoms with van der Waals surface area (Å²) in [5.74, 6) is -0.0808. The van der Waals surface area contributed by atoms with E-state index in [0.29, 0.717) is 11.3 Å². The lowest BCUT2D eigenvalue weighted by atomic mass is 10.2. The molecule has 2 aromatic carbocycles. The average molecular weight is 281 g/mol. The van der Waals surface area contributed by atoms with Crippen LogP contribution in [0.5, 0.6) is 5.75 Å². The fourth-order valence-electron chi connectivity index (χ4n) is 1.79. The van der Waals surface area contributed by atoms with Gasteiger partial charge in [0.05, 0.1) is 5.69 Å². The third-order valence-electron chi connectivity index (χ3n) is 2.87. The van der Waals surface area contributed by atoms with Gasteiger partial charge in [-0.1, -0.05) is 0 Å². The van der Waals surface area contributed by atoms with Crippen molar-refractivity contribution in [2.45, 2.75) is 0 Å². The first-order valence-electron chi connectivity index (χ1n) is 6.16. The van der Waals surface area contributed by atoms with Gasteiger partial charge in [-0.25, -0.2) is 4.68 Å². The Labute approximate surface area is 119 Å². The Hall–Kier alpha value is -3.22. The molecule has 1 amide bonds. The zero-order valence-electron chi connectivity index (χ0n) is 10.8. The molecular formula is C14H11N5O2. The number of aromatic hydroxyl groups is 1. The summed E-state index contributed by atoms with van der Waals surface area (Å²) in [5.41, 5.74) is 1.89. The number of carbonyl (C=O) groups is 1. The molecule has 0 aliphatic heterocycles. The third-order valence-corrected chi connectivity index (χ3v) is 2.87. The summed E-state index contributed by atoms with van der Waals surface area (Å²) in [6.45, 7) is 0. The Morgan fingerprint density at radius 2 is 1.76 bits per heavy atom. The molecule has 0 saturated heterocycles. The van der Waals surface area contributed by atoms with E-state index in [9.17, 15) is 9.90 Å². The standard InChI is InChI=1S/C14H11N5O2/c20-13-7-3-11(4-8-13)16-14(21)10-1-5-12(6-2-10)19-9-15-17-18-19/h1-9,20H,(H,16,21). The van der Waals surface area contributed by atoms with Crippen molar-refractivity contribution in [3.63, 3.8) is 0 Å². The molecule has 1 heterocycles. The first kappa shape index (κ1) is 12.8. The van der Waals surface area contributed by atoms with Gasteiger partial charge in [-0.15, -0.1) is 5.10 Å². The van der Waals surface area contributed by atoms with Gasteiger partial charge in [-0.3, -0.25) is 4.79 Å². The molecule has 0 saturated carbocycles. The molecular weight excluding hydrogens is 270 g/mol. The van der Waals surface area contributed by atoms with Crippen LogP contribution >= 0.6 is 0 Å². The largest absolute Gasteiger partial charge is 0.508 e. The van der Waals surface area contributed by atoms with Crippen molar-refractivity contribution in [2.24, 2.45) is 0 Å². The number of hydrogen-bond acceptors (Lipinski definition) is 5. The molecule has 7 heteroatoms. The summed E-state index contributed by atoms with van der Waals surface area (Å²) in [6, 6.07) is 13.2. The first-order valence-corrected chi connectivity index (χ1v) is 6.16. The van der Waals surface area contributed by atoms with Gasteiger partial charge in [0.1, 0.15) is 12.1 Å². The lowest BCUT2D eigenvalue weighted by Crippen LogP contribution is -2.11. The molecule has 104 valence electrons. The fraction of sp³-hybridized carbons (Fsp3) is 0. The van der Waals surface area contributed by atoms with E-state index < -0.39 is 0 Å². The van der Waals surface area contributed by atoms with Gasteiger partial charge in [0.25, 0.3) is 5.91 Å². The number of carbonyl (C=O) groups excluding carboxylic acids is 1. The number of hydrogen-bond donors (Lipinski definition) is 2. The number of nitrogens with one attached hydrogen (secondary N) is 1. The molecule has 3 aromatic rings. The molecule has 0 radical (unpaired) electrons. The highest BCUT2D eigenvalue weighted by molar-refractivity contribution is 6.04. The number of benzene rings is 2. The molecule has 7 nitrogen and oxygen atoms in total. The summed E-state index contributed by atoms with van der Waals surface area (Å²) in [6.07, 6.45) is 1.48. The SMILES string of the molecule is O=C(Nc1ccc(O)cc1)c1ccc(-n2cnnn2)cc1. The molecule has 0 atom stereocenters. The Morgan fingerprint density at radius 3 is 2.38 bits per heavy atom. The van der Waals surface area contributed by atoms with Crippen LogP contribution in [-0.2, 0) is 0 Å². The molecule has 0 unspecified atom stereocenters. The van der Waals surface area contributed by atoms with Gasteiger partial charge in [-0.05, 0) is 59.0 Å². The molecule has 0 spiro atoms. The number of rotatable bonds is 3. The second-order valence-corrected chi connectivity index (χ2v) is 4.30. The van der Waals surface area contributed by atoms with E-state index in [-0.39, 0.29) is 11.7 Å². The van der Waals surface area contributed by atoms with Crippen molar-refractivity contribution in [1.82, 2.24) is 20.2 Å². The van der Waals surface area contributed by atoms with E-state index >= 15 is 0 Å². The summed E-state index contributed by atoms with van der Waals surface area (Å²) < 4.78 is 1.50. The van der Waals surface area contributed by atoms with Gasteiger partial charge < -0.3 is 10.4 Å². The topological polar surface area (TPSA) is 92.9 Å². The molecule has 0 fully saturated rings. The predicted octanol–water partition coefficient (Wildman–Crippen LogP) is 1.62. The molecule has 1 aromatic heterocycles. The lowest BCUT2D eigenvalue weighted by Gasteiger charge is -2.06. The minimum absolute atomic E-state index is 0.152. The highest BCUT2D eigenvalue weighted by atomic mass is 16.3. The number of anilines is 1. The Bertz CT molecular complexity index is 736. The Kier molecular flexibility index (Phi) is 3.30. The number of amides is 1. The number of phenolic OH excluding ortho intramolecular Hbond substituents is 1. The van der Waals surface area contributed by atoms with Crippen molar-refractivity contribution < 1.29 is 9.90 Å². The molecule has 0 aliphatic rings. The van der Waals surface area contributed by atoms with E-state index in [1.165, 1.54) is 23.1 Å². The number of phenols is 1. The van der Waals surface area contributed by atoms with Crippen LogP contribution in [0.2, 0.25) is 0 Å². The smallest absolute Gasteiger partial charge is 0.255 e. The van der Waals surface area contributed by atoms with E-state index in [2.05, 4.69) is 20.8 Å². The Morgan fingerprint density at radius 1 is 1.05 bits per heavy atom. The van der Waals surface area contributed by atoms with Crippen LogP contribution < -0.4 is 5.32 Å². The molecule has 21 heavy (non-hydrogen) atoms. The summed E-state index contributed by atoms with van der Waals surface area (Å²) in [4.78, 5) is 12.1. The monoisotopic (exact) mass is 281 g/mol. The fourth-order valence-corrected chi connectivity index (χ4v) is 1.79. The van der Waals surface area contributed by atoms with Crippen molar-refractivity contribution in [2.75, 3.05) is 5.32 Å². The number of tetrazole rings is 1. The van der Waals surface area contributed by atoms with E-state index in [1.54, 1.807) is 36.4 Å². The van der Waals surface area contributed by atoms with Crippen LogP contribution in [0.1, 0.15) is 10.4 Å². The van der Waals surface area contributed by atoms with Crippen LogP contribution in [0, 0.1) is 0 Å². The lowest BCUT2D eigenvalue weighted by molar-refractivity contribution is 0.102. The number of aromatic nitrogens is 4. The van der Waals surface area contributed by atoms with Crippen LogP contribution in [0.25, 0.3) is 5.69 Å². The molecule has 0 bridgehead atoms. The van der Waals surface area contributed by atoms with Gasteiger partial charge >= 0.3 is 0 Å². The van der Waals surface area contributed by atoms with E-state index in [4.69, 9.17) is 0 Å². The minimum atomic E-state index is -0.232.